The van der Waals surface area contributed by atoms with Gasteiger partial charge in [0, 0.05) is 17.5 Å². The van der Waals surface area contributed by atoms with Crippen LogP contribution in [0.1, 0.15) is 6.42 Å². The van der Waals surface area contributed by atoms with Crippen LogP contribution in [-0.2, 0) is 11.3 Å². The molecule has 29 heavy (non-hydrogen) atoms. The van der Waals surface area contributed by atoms with Crippen LogP contribution >= 0.6 is 0 Å². The molecule has 0 unspecified atom stereocenters. The lowest BCUT2D eigenvalue weighted by Crippen LogP contribution is -2.14. The van der Waals surface area contributed by atoms with Crippen molar-refractivity contribution in [3.63, 3.8) is 0 Å². The molecule has 0 saturated heterocycles. The molecule has 0 radical (unpaired) electrons. The van der Waals surface area contributed by atoms with E-state index in [4.69, 9.17) is 9.47 Å². The summed E-state index contributed by atoms with van der Waals surface area (Å²) < 4.78 is 12.8. The van der Waals surface area contributed by atoms with E-state index in [-0.39, 0.29) is 5.91 Å². The number of para-hydroxylation sites is 1. The summed E-state index contributed by atoms with van der Waals surface area (Å²) in [6.45, 7) is 0.497. The average Bonchev–Trinajstić information content (AvgIpc) is 3.16. The van der Waals surface area contributed by atoms with Gasteiger partial charge in [-0.1, -0.05) is 18.2 Å². The minimum absolute atomic E-state index is 0.0705. The highest BCUT2D eigenvalue weighted by Gasteiger charge is 2.08. The third-order valence-electron chi connectivity index (χ3n) is 4.52. The van der Waals surface area contributed by atoms with Crippen molar-refractivity contribution >= 4 is 22.5 Å². The molecule has 6 heteroatoms. The van der Waals surface area contributed by atoms with Crippen LogP contribution in [0.2, 0.25) is 0 Å². The Bertz CT molecular complexity index is 1110. The number of ether oxygens (including phenoxy) is 2. The van der Waals surface area contributed by atoms with Crippen molar-refractivity contribution in [2.45, 2.75) is 13.0 Å². The molecule has 6 nitrogen and oxygen atoms in total. The second-order valence-electron chi connectivity index (χ2n) is 6.53. The Morgan fingerprint density at radius 2 is 1.69 bits per heavy atom. The average molecular weight is 387 g/mol. The van der Waals surface area contributed by atoms with Crippen molar-refractivity contribution in [1.29, 1.82) is 0 Å². The maximum Gasteiger partial charge on any atom is 0.226 e. The number of methoxy groups -OCH3 is 1. The summed E-state index contributed by atoms with van der Waals surface area (Å²) in [5, 5.41) is 8.26. The lowest BCUT2D eigenvalue weighted by atomic mass is 10.2. The van der Waals surface area contributed by atoms with Crippen molar-refractivity contribution in [3.8, 4) is 17.2 Å². The number of hydrogen-bond acceptors (Lipinski definition) is 4. The van der Waals surface area contributed by atoms with Crippen LogP contribution in [0.25, 0.3) is 10.9 Å². The number of carbonyl (C=O) groups is 1. The Morgan fingerprint density at radius 1 is 0.966 bits per heavy atom. The molecule has 3 aromatic carbocycles. The Labute approximate surface area is 168 Å². The SMILES string of the molecule is COc1ccc2c(cnn2CCC(=O)Nc2ccc(Oc3ccccc3)cc2)c1. The summed E-state index contributed by atoms with van der Waals surface area (Å²) in [7, 11) is 1.64. The van der Waals surface area contributed by atoms with Gasteiger partial charge in [0.15, 0.2) is 0 Å². The largest absolute Gasteiger partial charge is 0.497 e. The first-order chi connectivity index (χ1) is 14.2. The molecule has 0 fully saturated rings. The van der Waals surface area contributed by atoms with Crippen LogP contribution in [0.5, 0.6) is 17.2 Å². The van der Waals surface area contributed by atoms with Gasteiger partial charge in [-0.3, -0.25) is 9.48 Å². The first-order valence-electron chi connectivity index (χ1n) is 9.34. The Kier molecular flexibility index (Phi) is 5.42. The Hall–Kier alpha value is -3.80. The summed E-state index contributed by atoms with van der Waals surface area (Å²) in [6.07, 6.45) is 2.10. The Morgan fingerprint density at radius 3 is 2.45 bits per heavy atom. The summed E-state index contributed by atoms with van der Waals surface area (Å²) >= 11 is 0. The molecule has 0 spiro atoms. The molecule has 4 aromatic rings. The second-order valence-corrected chi connectivity index (χ2v) is 6.53. The van der Waals surface area contributed by atoms with E-state index in [2.05, 4.69) is 10.4 Å². The first kappa shape index (κ1) is 18.6. The van der Waals surface area contributed by atoms with Gasteiger partial charge in [0.25, 0.3) is 0 Å². The molecule has 0 atom stereocenters. The highest BCUT2D eigenvalue weighted by Crippen LogP contribution is 2.23. The van der Waals surface area contributed by atoms with Gasteiger partial charge in [-0.2, -0.15) is 5.10 Å². The van der Waals surface area contributed by atoms with Crippen LogP contribution in [0.15, 0.2) is 79.0 Å². The minimum Gasteiger partial charge on any atom is -0.497 e. The molecule has 0 aliphatic carbocycles. The molecule has 0 aliphatic heterocycles. The number of amides is 1. The first-order valence-corrected chi connectivity index (χ1v) is 9.34. The number of benzene rings is 3. The van der Waals surface area contributed by atoms with Crippen molar-refractivity contribution in [1.82, 2.24) is 9.78 Å². The molecule has 0 aliphatic rings. The molecule has 1 aromatic heterocycles. The molecular formula is C23H21N3O3. The highest BCUT2D eigenvalue weighted by molar-refractivity contribution is 5.90. The second kappa shape index (κ2) is 8.48. The number of aryl methyl sites for hydroxylation is 1. The van der Waals surface area contributed by atoms with E-state index in [9.17, 15) is 4.79 Å². The molecule has 1 N–H and O–H groups in total. The van der Waals surface area contributed by atoms with Gasteiger partial charge in [-0.15, -0.1) is 0 Å². The topological polar surface area (TPSA) is 65.4 Å². The third-order valence-corrected chi connectivity index (χ3v) is 4.52. The number of hydrogen-bond donors (Lipinski definition) is 1. The Balaban J connectivity index is 1.33. The molecular weight excluding hydrogens is 366 g/mol. The fraction of sp³-hybridized carbons (Fsp3) is 0.130. The lowest BCUT2D eigenvalue weighted by molar-refractivity contribution is -0.116. The minimum atomic E-state index is -0.0705. The van der Waals surface area contributed by atoms with E-state index >= 15 is 0 Å². The van der Waals surface area contributed by atoms with Gasteiger partial charge in [0.2, 0.25) is 5.91 Å². The van der Waals surface area contributed by atoms with Crippen molar-refractivity contribution in [2.75, 3.05) is 12.4 Å². The van der Waals surface area contributed by atoms with Gasteiger partial charge >= 0.3 is 0 Å². The summed E-state index contributed by atoms with van der Waals surface area (Å²) in [6, 6.07) is 22.6. The number of rotatable bonds is 7. The number of aromatic nitrogens is 2. The highest BCUT2D eigenvalue weighted by atomic mass is 16.5. The molecule has 0 bridgehead atoms. The van der Waals surface area contributed by atoms with E-state index in [1.807, 2.05) is 77.5 Å². The van der Waals surface area contributed by atoms with Gasteiger partial charge in [0.05, 0.1) is 25.4 Å². The number of fused-ring (bicyclic) bond motifs is 1. The lowest BCUT2D eigenvalue weighted by Gasteiger charge is -2.09. The number of nitrogens with zero attached hydrogens (tertiary/aromatic N) is 2. The summed E-state index contributed by atoms with van der Waals surface area (Å²) in [4.78, 5) is 12.3. The van der Waals surface area contributed by atoms with E-state index in [1.165, 1.54) is 0 Å². The fourth-order valence-corrected chi connectivity index (χ4v) is 3.03. The fourth-order valence-electron chi connectivity index (χ4n) is 3.03. The van der Waals surface area contributed by atoms with Crippen LogP contribution in [0, 0.1) is 0 Å². The van der Waals surface area contributed by atoms with E-state index in [0.717, 1.165) is 28.1 Å². The zero-order valence-electron chi connectivity index (χ0n) is 16.0. The standard InChI is InChI=1S/C23H21N3O3/c1-28-21-11-12-22-17(15-21)16-24-26(22)14-13-23(27)25-18-7-9-20(10-8-18)29-19-5-3-2-4-6-19/h2-12,15-16H,13-14H2,1H3,(H,25,27). The quantitative estimate of drug-likeness (QED) is 0.491. The van der Waals surface area contributed by atoms with E-state index < -0.39 is 0 Å². The van der Waals surface area contributed by atoms with Crippen molar-refractivity contribution in [3.05, 3.63) is 79.0 Å². The van der Waals surface area contributed by atoms with Crippen molar-refractivity contribution < 1.29 is 14.3 Å². The van der Waals surface area contributed by atoms with Crippen LogP contribution in [0.4, 0.5) is 5.69 Å². The normalized spacial score (nSPS) is 10.7. The summed E-state index contributed by atoms with van der Waals surface area (Å²) in [5.41, 5.74) is 1.70. The van der Waals surface area contributed by atoms with Gasteiger partial charge in [0.1, 0.15) is 17.2 Å². The molecule has 1 heterocycles. The predicted molar refractivity (Wildman–Crippen MR) is 112 cm³/mol. The third kappa shape index (κ3) is 4.55. The monoisotopic (exact) mass is 387 g/mol. The molecule has 1 amide bonds. The summed E-state index contributed by atoms with van der Waals surface area (Å²) in [5.74, 6) is 2.20. The molecule has 0 saturated carbocycles. The van der Waals surface area contributed by atoms with Crippen LogP contribution in [0.3, 0.4) is 0 Å². The number of carbonyl (C=O) groups excluding carboxylic acids is 1. The van der Waals surface area contributed by atoms with Crippen molar-refractivity contribution in [2.24, 2.45) is 0 Å². The van der Waals surface area contributed by atoms with Gasteiger partial charge in [-0.05, 0) is 54.6 Å². The van der Waals surface area contributed by atoms with E-state index in [1.54, 1.807) is 13.3 Å². The predicted octanol–water partition coefficient (Wildman–Crippen LogP) is 4.87. The zero-order valence-corrected chi connectivity index (χ0v) is 16.0. The van der Waals surface area contributed by atoms with Gasteiger partial charge in [-0.25, -0.2) is 0 Å². The number of nitrogens with one attached hydrogen (secondary N) is 1. The van der Waals surface area contributed by atoms with Crippen LogP contribution < -0.4 is 14.8 Å². The smallest absolute Gasteiger partial charge is 0.226 e. The van der Waals surface area contributed by atoms with Crippen LogP contribution in [-0.4, -0.2) is 22.8 Å². The molecule has 146 valence electrons. The zero-order chi connectivity index (χ0) is 20.1. The maximum absolute atomic E-state index is 12.3. The van der Waals surface area contributed by atoms with Gasteiger partial charge < -0.3 is 14.8 Å². The number of anilines is 1. The molecule has 4 rings (SSSR count). The maximum atomic E-state index is 12.3. The van der Waals surface area contributed by atoms with E-state index in [0.29, 0.717) is 18.7 Å².